The lowest BCUT2D eigenvalue weighted by Crippen LogP contribution is -2.04. The van der Waals surface area contributed by atoms with E-state index < -0.39 is 21.6 Å². The zero-order valence-corrected chi connectivity index (χ0v) is 17.4. The number of non-ortho nitro benzene ring substituents is 1. The van der Waals surface area contributed by atoms with Crippen LogP contribution in [-0.2, 0) is 6.18 Å². The molecule has 1 heterocycles. The Labute approximate surface area is 188 Å². The van der Waals surface area contributed by atoms with Crippen molar-refractivity contribution in [2.24, 2.45) is 0 Å². The van der Waals surface area contributed by atoms with Crippen LogP contribution in [0.1, 0.15) is 5.56 Å². The maximum atomic E-state index is 13.1. The third-order valence-electron chi connectivity index (χ3n) is 5.00. The number of benzene rings is 3. The van der Waals surface area contributed by atoms with Gasteiger partial charge in [-0.1, -0.05) is 36.4 Å². The first-order valence-electron chi connectivity index (χ1n) is 9.44. The molecule has 4 aromatic rings. The van der Waals surface area contributed by atoms with Crippen molar-refractivity contribution in [1.82, 2.24) is 0 Å². The maximum Gasteiger partial charge on any atom is 0.416 e. The summed E-state index contributed by atoms with van der Waals surface area (Å²) in [6.07, 6.45) is -4.52. The van der Waals surface area contributed by atoms with E-state index in [0.29, 0.717) is 32.7 Å². The standard InChI is InChI=1S/C23H13F3N2O4S/c24-23(25,26)16-10-8-14(9-11-16)21-19(18-6-1-2-7-20(18)28(31)32)13-33-22(21)15-4-3-5-17(12-15)27(29)30/h1-13H. The van der Waals surface area contributed by atoms with E-state index in [2.05, 4.69) is 0 Å². The minimum absolute atomic E-state index is 0.147. The molecule has 0 N–H and O–H groups in total. The van der Waals surface area contributed by atoms with Gasteiger partial charge in [0.1, 0.15) is 0 Å². The lowest BCUT2D eigenvalue weighted by Gasteiger charge is -2.11. The summed E-state index contributed by atoms with van der Waals surface area (Å²) in [5.74, 6) is 0. The van der Waals surface area contributed by atoms with E-state index in [-0.39, 0.29) is 11.4 Å². The van der Waals surface area contributed by atoms with Crippen molar-refractivity contribution in [2.45, 2.75) is 6.18 Å². The van der Waals surface area contributed by atoms with Gasteiger partial charge < -0.3 is 0 Å². The highest BCUT2D eigenvalue weighted by Crippen LogP contribution is 2.47. The second kappa shape index (κ2) is 8.47. The molecule has 0 fully saturated rings. The van der Waals surface area contributed by atoms with E-state index in [9.17, 15) is 33.4 Å². The molecular formula is C23H13F3N2O4S. The van der Waals surface area contributed by atoms with E-state index in [4.69, 9.17) is 0 Å². The van der Waals surface area contributed by atoms with Crippen LogP contribution in [0.4, 0.5) is 24.5 Å². The maximum absolute atomic E-state index is 13.1. The summed E-state index contributed by atoms with van der Waals surface area (Å²) < 4.78 is 39.2. The van der Waals surface area contributed by atoms with E-state index in [0.717, 1.165) is 12.1 Å². The average Bonchev–Trinajstić information content (AvgIpc) is 3.23. The highest BCUT2D eigenvalue weighted by molar-refractivity contribution is 7.14. The summed E-state index contributed by atoms with van der Waals surface area (Å²) in [5, 5.41) is 24.5. The van der Waals surface area contributed by atoms with Crippen LogP contribution >= 0.6 is 11.3 Å². The van der Waals surface area contributed by atoms with Gasteiger partial charge in [0.2, 0.25) is 0 Å². The van der Waals surface area contributed by atoms with Gasteiger partial charge >= 0.3 is 6.18 Å². The molecule has 3 aromatic carbocycles. The van der Waals surface area contributed by atoms with Gasteiger partial charge in [-0.15, -0.1) is 11.3 Å². The lowest BCUT2D eigenvalue weighted by molar-refractivity contribution is -0.384. The van der Waals surface area contributed by atoms with Gasteiger partial charge in [0, 0.05) is 39.6 Å². The fourth-order valence-corrected chi connectivity index (χ4v) is 4.59. The molecule has 0 saturated carbocycles. The molecule has 10 heteroatoms. The van der Waals surface area contributed by atoms with E-state index in [1.807, 2.05) is 0 Å². The summed E-state index contributed by atoms with van der Waals surface area (Å²) in [6, 6.07) is 16.4. The Morgan fingerprint density at radius 1 is 0.758 bits per heavy atom. The van der Waals surface area contributed by atoms with E-state index >= 15 is 0 Å². The van der Waals surface area contributed by atoms with Crippen LogP contribution in [0.5, 0.6) is 0 Å². The highest BCUT2D eigenvalue weighted by atomic mass is 32.1. The molecule has 4 rings (SSSR count). The number of halogens is 3. The molecular weight excluding hydrogens is 457 g/mol. The predicted octanol–water partition coefficient (Wildman–Crippen LogP) is 7.58. The number of nitrogens with zero attached hydrogens (tertiary/aromatic N) is 2. The molecule has 0 atom stereocenters. The molecule has 0 saturated heterocycles. The molecule has 0 aliphatic rings. The van der Waals surface area contributed by atoms with Gasteiger partial charge in [0.15, 0.2) is 0 Å². The van der Waals surface area contributed by atoms with Gasteiger partial charge in [-0.05, 0) is 29.3 Å². The van der Waals surface area contributed by atoms with Crippen molar-refractivity contribution in [3.8, 4) is 32.7 Å². The second-order valence-corrected chi connectivity index (χ2v) is 7.89. The van der Waals surface area contributed by atoms with Crippen LogP contribution in [0.25, 0.3) is 32.7 Å². The molecule has 1 aromatic heterocycles. The third kappa shape index (κ3) is 4.33. The minimum atomic E-state index is -4.52. The SMILES string of the molecule is O=[N+]([O-])c1cccc(-c2scc(-c3ccccc3[N+](=O)[O-])c2-c2ccc(C(F)(F)F)cc2)c1. The summed E-state index contributed by atoms with van der Waals surface area (Å²) in [5.41, 5.74) is 0.960. The molecule has 0 aliphatic heterocycles. The van der Waals surface area contributed by atoms with Crippen molar-refractivity contribution in [3.63, 3.8) is 0 Å². The Bertz CT molecular complexity index is 1360. The molecule has 0 bridgehead atoms. The Balaban J connectivity index is 1.98. The number of thiophene rings is 1. The van der Waals surface area contributed by atoms with Crippen LogP contribution in [0.15, 0.2) is 78.2 Å². The highest BCUT2D eigenvalue weighted by Gasteiger charge is 2.30. The minimum Gasteiger partial charge on any atom is -0.258 e. The number of hydrogen-bond acceptors (Lipinski definition) is 5. The smallest absolute Gasteiger partial charge is 0.258 e. The van der Waals surface area contributed by atoms with Crippen LogP contribution in [0.3, 0.4) is 0 Å². The molecule has 33 heavy (non-hydrogen) atoms. The number of alkyl halides is 3. The number of nitro benzene ring substituents is 2. The van der Waals surface area contributed by atoms with Crippen molar-refractivity contribution >= 4 is 22.7 Å². The molecule has 0 amide bonds. The first kappa shape index (κ1) is 22.2. The Morgan fingerprint density at radius 3 is 2.09 bits per heavy atom. The fraction of sp³-hybridized carbons (Fsp3) is 0.0435. The van der Waals surface area contributed by atoms with Crippen LogP contribution in [0.2, 0.25) is 0 Å². The largest absolute Gasteiger partial charge is 0.416 e. The van der Waals surface area contributed by atoms with Gasteiger partial charge in [-0.25, -0.2) is 0 Å². The molecule has 166 valence electrons. The molecule has 6 nitrogen and oxygen atoms in total. The molecule has 0 unspecified atom stereocenters. The van der Waals surface area contributed by atoms with Crippen molar-refractivity contribution in [3.05, 3.63) is 104 Å². The summed E-state index contributed by atoms with van der Waals surface area (Å²) in [7, 11) is 0. The molecule has 0 spiro atoms. The normalized spacial score (nSPS) is 11.4. The summed E-state index contributed by atoms with van der Waals surface area (Å²) in [6.45, 7) is 0. The van der Waals surface area contributed by atoms with Crippen molar-refractivity contribution in [2.75, 3.05) is 0 Å². The number of hydrogen-bond donors (Lipinski definition) is 0. The van der Waals surface area contributed by atoms with Crippen LogP contribution in [0, 0.1) is 20.2 Å². The monoisotopic (exact) mass is 470 g/mol. The average molecular weight is 470 g/mol. The molecule has 0 aliphatic carbocycles. The van der Waals surface area contributed by atoms with Gasteiger partial charge in [-0.3, -0.25) is 20.2 Å². The second-order valence-electron chi connectivity index (χ2n) is 7.01. The zero-order chi connectivity index (χ0) is 23.8. The van der Waals surface area contributed by atoms with E-state index in [1.54, 1.807) is 23.6 Å². The van der Waals surface area contributed by atoms with Crippen molar-refractivity contribution < 1.29 is 23.0 Å². The number of nitro groups is 2. The Morgan fingerprint density at radius 2 is 1.45 bits per heavy atom. The Kier molecular flexibility index (Phi) is 5.69. The first-order valence-corrected chi connectivity index (χ1v) is 10.3. The lowest BCUT2D eigenvalue weighted by atomic mass is 9.93. The Hall–Kier alpha value is -4.05. The summed E-state index contributed by atoms with van der Waals surface area (Å²) in [4.78, 5) is 22.3. The van der Waals surface area contributed by atoms with Crippen LogP contribution < -0.4 is 0 Å². The fourth-order valence-electron chi connectivity index (χ4n) is 3.50. The van der Waals surface area contributed by atoms with E-state index in [1.165, 1.54) is 53.8 Å². The third-order valence-corrected chi connectivity index (χ3v) is 6.03. The topological polar surface area (TPSA) is 86.3 Å². The first-order chi connectivity index (χ1) is 15.7. The van der Waals surface area contributed by atoms with Gasteiger partial charge in [-0.2, -0.15) is 13.2 Å². The molecule has 0 radical (unpaired) electrons. The zero-order valence-electron chi connectivity index (χ0n) is 16.6. The van der Waals surface area contributed by atoms with Gasteiger partial charge in [0.25, 0.3) is 11.4 Å². The van der Waals surface area contributed by atoms with Gasteiger partial charge in [0.05, 0.1) is 21.0 Å². The van der Waals surface area contributed by atoms with Crippen LogP contribution in [-0.4, -0.2) is 9.85 Å². The van der Waals surface area contributed by atoms with Crippen molar-refractivity contribution in [1.29, 1.82) is 0 Å². The quantitative estimate of drug-likeness (QED) is 0.222. The number of para-hydroxylation sites is 1. The number of rotatable bonds is 5. The summed E-state index contributed by atoms with van der Waals surface area (Å²) >= 11 is 1.20. The predicted molar refractivity (Wildman–Crippen MR) is 119 cm³/mol.